The quantitative estimate of drug-likeness (QED) is 0.612. The Balaban J connectivity index is 1.20. The first-order valence-electron chi connectivity index (χ1n) is 12.5. The molecule has 6 rings (SSSR count). The third-order valence-corrected chi connectivity index (χ3v) is 8.66. The number of hydrogen-bond acceptors (Lipinski definition) is 3. The van der Waals surface area contributed by atoms with Crippen molar-refractivity contribution in [2.24, 2.45) is 23.2 Å². The summed E-state index contributed by atoms with van der Waals surface area (Å²) < 4.78 is 7.50. The first-order chi connectivity index (χ1) is 15.7. The van der Waals surface area contributed by atoms with Crippen LogP contribution < -0.4 is 5.32 Å². The van der Waals surface area contributed by atoms with Crippen LogP contribution in [0.4, 0.5) is 0 Å². The molecule has 4 fully saturated rings. The van der Waals surface area contributed by atoms with Crippen molar-refractivity contribution in [3.8, 4) is 5.69 Å². The van der Waals surface area contributed by atoms with Crippen LogP contribution in [-0.4, -0.2) is 29.1 Å². The summed E-state index contributed by atoms with van der Waals surface area (Å²) in [7, 11) is 0. The van der Waals surface area contributed by atoms with E-state index in [0.717, 1.165) is 34.8 Å². The maximum atomic E-state index is 12.8. The standard InChI is InChI=1S/C28H36N2O3/c1-17-5-7-24(8-6-17)30-18(2)9-25(19(30)3)27(32)33-16-26(31)29-20(4)28-13-21-10-22(14-28)12-23(11-21)15-28/h5-9,20-23H,10-16H2,1-4H3,(H,29,31)/t20-,21?,22?,23?,28?/m1/s1. The van der Waals surface area contributed by atoms with Crippen LogP contribution in [-0.2, 0) is 9.53 Å². The Labute approximate surface area is 196 Å². The molecule has 2 aromatic rings. The Kier molecular flexibility index (Phi) is 5.62. The number of benzene rings is 1. The van der Waals surface area contributed by atoms with Gasteiger partial charge in [0.1, 0.15) is 0 Å². The fraction of sp³-hybridized carbons (Fsp3) is 0.571. The summed E-state index contributed by atoms with van der Waals surface area (Å²) in [5.41, 5.74) is 4.74. The van der Waals surface area contributed by atoms with Crippen LogP contribution in [0.3, 0.4) is 0 Å². The number of hydrogen-bond donors (Lipinski definition) is 1. The number of amides is 1. The zero-order valence-electron chi connectivity index (χ0n) is 20.3. The molecule has 0 radical (unpaired) electrons. The SMILES string of the molecule is Cc1ccc(-n2c(C)cc(C(=O)OCC(=O)N[C@H](C)C34CC5CC(CC(C5)C3)C4)c2C)cc1. The molecular weight excluding hydrogens is 412 g/mol. The minimum Gasteiger partial charge on any atom is -0.452 e. The van der Waals surface area contributed by atoms with Crippen LogP contribution in [0.2, 0.25) is 0 Å². The number of carbonyl (C=O) groups excluding carboxylic acids is 2. The van der Waals surface area contributed by atoms with E-state index in [1.54, 1.807) is 0 Å². The summed E-state index contributed by atoms with van der Waals surface area (Å²) in [6, 6.07) is 10.2. The molecule has 1 amide bonds. The zero-order chi connectivity index (χ0) is 23.3. The van der Waals surface area contributed by atoms with Gasteiger partial charge in [0.15, 0.2) is 6.61 Å². The molecule has 33 heavy (non-hydrogen) atoms. The number of aryl methyl sites for hydroxylation is 2. The predicted octanol–water partition coefficient (Wildman–Crippen LogP) is 5.28. The summed E-state index contributed by atoms with van der Waals surface area (Å²) in [6.45, 7) is 7.87. The molecule has 0 aliphatic heterocycles. The van der Waals surface area contributed by atoms with E-state index in [-0.39, 0.29) is 24.0 Å². The molecule has 5 heteroatoms. The lowest BCUT2D eigenvalue weighted by Gasteiger charge is -2.59. The van der Waals surface area contributed by atoms with Crippen LogP contribution in [0, 0.1) is 43.9 Å². The average Bonchev–Trinajstić information content (AvgIpc) is 3.06. The summed E-state index contributed by atoms with van der Waals surface area (Å²) in [4.78, 5) is 25.5. The molecule has 5 nitrogen and oxygen atoms in total. The highest BCUT2D eigenvalue weighted by Crippen LogP contribution is 2.61. The minimum absolute atomic E-state index is 0.128. The van der Waals surface area contributed by atoms with Crippen molar-refractivity contribution in [3.05, 3.63) is 52.8 Å². The molecule has 176 valence electrons. The van der Waals surface area contributed by atoms with E-state index in [1.807, 2.05) is 36.6 Å². The van der Waals surface area contributed by atoms with Gasteiger partial charge < -0.3 is 14.6 Å². The van der Waals surface area contributed by atoms with Gasteiger partial charge in [-0.15, -0.1) is 0 Å². The smallest absolute Gasteiger partial charge is 0.340 e. The number of esters is 1. The Bertz CT molecular complexity index is 1030. The fourth-order valence-corrected chi connectivity index (χ4v) is 7.41. The molecule has 1 aromatic heterocycles. The molecule has 0 unspecified atom stereocenters. The van der Waals surface area contributed by atoms with Crippen molar-refractivity contribution in [2.45, 2.75) is 72.3 Å². The van der Waals surface area contributed by atoms with Crippen molar-refractivity contribution in [1.29, 1.82) is 0 Å². The van der Waals surface area contributed by atoms with Crippen LogP contribution in [0.5, 0.6) is 0 Å². The van der Waals surface area contributed by atoms with Gasteiger partial charge in [0.05, 0.1) is 5.56 Å². The Morgan fingerprint density at radius 3 is 2.18 bits per heavy atom. The number of rotatable bonds is 6. The number of carbonyl (C=O) groups is 2. The number of aromatic nitrogens is 1. The van der Waals surface area contributed by atoms with Crippen molar-refractivity contribution < 1.29 is 14.3 Å². The van der Waals surface area contributed by atoms with E-state index < -0.39 is 5.97 Å². The molecule has 4 bridgehead atoms. The second-order valence-electron chi connectivity index (χ2n) is 11.1. The second kappa shape index (κ2) is 8.34. The summed E-state index contributed by atoms with van der Waals surface area (Å²) in [5, 5.41) is 3.18. The molecule has 4 aliphatic carbocycles. The minimum atomic E-state index is -0.445. The topological polar surface area (TPSA) is 60.3 Å². The highest BCUT2D eigenvalue weighted by Gasteiger charge is 2.53. The van der Waals surface area contributed by atoms with Gasteiger partial charge in [0, 0.05) is 23.1 Å². The van der Waals surface area contributed by atoms with Crippen molar-refractivity contribution in [3.63, 3.8) is 0 Å². The van der Waals surface area contributed by atoms with E-state index in [1.165, 1.54) is 44.1 Å². The Hall–Kier alpha value is -2.56. The van der Waals surface area contributed by atoms with Gasteiger partial charge in [0.25, 0.3) is 5.91 Å². The third-order valence-electron chi connectivity index (χ3n) is 8.66. The normalized spacial score (nSPS) is 28.5. The lowest BCUT2D eigenvalue weighted by Crippen LogP contribution is -2.56. The summed E-state index contributed by atoms with van der Waals surface area (Å²) in [5.74, 6) is 1.89. The number of nitrogens with zero attached hydrogens (tertiary/aromatic N) is 1. The van der Waals surface area contributed by atoms with Crippen molar-refractivity contribution in [1.82, 2.24) is 9.88 Å². The number of nitrogens with one attached hydrogen (secondary N) is 1. The van der Waals surface area contributed by atoms with Gasteiger partial charge in [-0.2, -0.15) is 0 Å². The molecule has 1 heterocycles. The fourth-order valence-electron chi connectivity index (χ4n) is 7.41. The highest BCUT2D eigenvalue weighted by atomic mass is 16.5. The van der Waals surface area contributed by atoms with Crippen LogP contribution in [0.1, 0.15) is 72.8 Å². The lowest BCUT2D eigenvalue weighted by molar-refractivity contribution is -0.128. The van der Waals surface area contributed by atoms with E-state index in [0.29, 0.717) is 5.56 Å². The van der Waals surface area contributed by atoms with Gasteiger partial charge in [-0.1, -0.05) is 17.7 Å². The first-order valence-corrected chi connectivity index (χ1v) is 12.5. The van der Waals surface area contributed by atoms with Gasteiger partial charge >= 0.3 is 5.97 Å². The molecule has 1 atom stereocenters. The van der Waals surface area contributed by atoms with E-state index in [4.69, 9.17) is 4.74 Å². The Morgan fingerprint density at radius 1 is 1.03 bits per heavy atom. The highest BCUT2D eigenvalue weighted by molar-refractivity contribution is 5.93. The number of ether oxygens (including phenoxy) is 1. The molecular formula is C28H36N2O3. The molecule has 1 N–H and O–H groups in total. The first kappa shape index (κ1) is 22.2. The van der Waals surface area contributed by atoms with Crippen molar-refractivity contribution >= 4 is 11.9 Å². The van der Waals surface area contributed by atoms with Crippen LogP contribution >= 0.6 is 0 Å². The van der Waals surface area contributed by atoms with Gasteiger partial charge in [-0.3, -0.25) is 4.79 Å². The van der Waals surface area contributed by atoms with Gasteiger partial charge in [-0.25, -0.2) is 4.79 Å². The zero-order valence-corrected chi connectivity index (χ0v) is 20.3. The second-order valence-corrected chi connectivity index (χ2v) is 11.1. The summed E-state index contributed by atoms with van der Waals surface area (Å²) in [6.07, 6.45) is 7.89. The predicted molar refractivity (Wildman–Crippen MR) is 128 cm³/mol. The molecule has 4 aliphatic rings. The van der Waals surface area contributed by atoms with Crippen LogP contribution in [0.15, 0.2) is 30.3 Å². The summed E-state index contributed by atoms with van der Waals surface area (Å²) >= 11 is 0. The monoisotopic (exact) mass is 448 g/mol. The van der Waals surface area contributed by atoms with Gasteiger partial charge in [0.2, 0.25) is 0 Å². The Morgan fingerprint density at radius 2 is 1.61 bits per heavy atom. The molecule has 0 spiro atoms. The van der Waals surface area contributed by atoms with Crippen LogP contribution in [0.25, 0.3) is 5.69 Å². The average molecular weight is 449 g/mol. The van der Waals surface area contributed by atoms with Gasteiger partial charge in [-0.05, 0) is 108 Å². The van der Waals surface area contributed by atoms with E-state index in [2.05, 4.69) is 31.3 Å². The largest absolute Gasteiger partial charge is 0.452 e. The van der Waals surface area contributed by atoms with E-state index in [9.17, 15) is 9.59 Å². The van der Waals surface area contributed by atoms with E-state index >= 15 is 0 Å². The maximum Gasteiger partial charge on any atom is 0.340 e. The van der Waals surface area contributed by atoms with Crippen molar-refractivity contribution in [2.75, 3.05) is 6.61 Å². The molecule has 0 saturated heterocycles. The molecule has 1 aromatic carbocycles. The third kappa shape index (κ3) is 4.11. The maximum absolute atomic E-state index is 12.8. The molecule has 4 saturated carbocycles. The lowest BCUT2D eigenvalue weighted by atomic mass is 9.48.